The Morgan fingerprint density at radius 3 is 2.95 bits per heavy atom. The fraction of sp³-hybridized carbons (Fsp3) is 0.571. The smallest absolute Gasteiger partial charge is 0.268 e. The second-order valence-corrected chi connectivity index (χ2v) is 6.45. The molecule has 21 heavy (non-hydrogen) atoms. The van der Waals surface area contributed by atoms with E-state index in [1.165, 1.54) is 0 Å². The van der Waals surface area contributed by atoms with Gasteiger partial charge in [0.05, 0.1) is 17.0 Å². The molecule has 6 nitrogen and oxygen atoms in total. The van der Waals surface area contributed by atoms with E-state index in [0.717, 1.165) is 4.88 Å². The van der Waals surface area contributed by atoms with Crippen molar-refractivity contribution in [1.82, 2.24) is 15.0 Å². The van der Waals surface area contributed by atoms with Gasteiger partial charge in [-0.05, 0) is 18.5 Å². The van der Waals surface area contributed by atoms with E-state index in [-0.39, 0.29) is 0 Å². The summed E-state index contributed by atoms with van der Waals surface area (Å²) in [6.45, 7) is 2.38. The van der Waals surface area contributed by atoms with Crippen molar-refractivity contribution in [1.29, 1.82) is 0 Å². The third-order valence-corrected chi connectivity index (χ3v) is 4.46. The van der Waals surface area contributed by atoms with Gasteiger partial charge in [-0.15, -0.1) is 11.3 Å². The lowest BCUT2D eigenvalue weighted by molar-refractivity contribution is -0.0779. The van der Waals surface area contributed by atoms with Crippen LogP contribution < -0.4 is 0 Å². The molecule has 2 aromatic rings. The molecular weight excluding hydrogens is 290 g/mol. The van der Waals surface area contributed by atoms with E-state index in [9.17, 15) is 5.11 Å². The minimum atomic E-state index is -0.673. The van der Waals surface area contributed by atoms with Crippen molar-refractivity contribution in [2.45, 2.75) is 25.0 Å². The van der Waals surface area contributed by atoms with Crippen molar-refractivity contribution in [3.8, 4) is 10.8 Å². The third-order valence-electron chi connectivity index (χ3n) is 3.60. The molecule has 1 saturated heterocycles. The summed E-state index contributed by atoms with van der Waals surface area (Å²) in [4.78, 5) is 7.39. The molecule has 0 saturated carbocycles. The van der Waals surface area contributed by atoms with Gasteiger partial charge < -0.3 is 14.4 Å². The predicted octanol–water partition coefficient (Wildman–Crippen LogP) is 1.77. The molecule has 0 bridgehead atoms. The number of ether oxygens (including phenoxy) is 1. The highest BCUT2D eigenvalue weighted by Crippen LogP contribution is 2.24. The lowest BCUT2D eigenvalue weighted by Crippen LogP contribution is -2.45. The van der Waals surface area contributed by atoms with E-state index in [0.29, 0.717) is 50.9 Å². The van der Waals surface area contributed by atoms with Crippen LogP contribution in [-0.2, 0) is 11.3 Å². The van der Waals surface area contributed by atoms with Crippen molar-refractivity contribution in [2.24, 2.45) is 0 Å². The molecule has 1 N–H and O–H groups in total. The molecule has 3 heterocycles. The van der Waals surface area contributed by atoms with E-state index in [1.807, 2.05) is 29.5 Å². The first kappa shape index (κ1) is 14.6. The van der Waals surface area contributed by atoms with Crippen LogP contribution in [0.1, 0.15) is 18.7 Å². The van der Waals surface area contributed by atoms with Gasteiger partial charge in [-0.1, -0.05) is 11.2 Å². The number of nitrogens with zero attached hydrogens (tertiary/aromatic N) is 3. The van der Waals surface area contributed by atoms with Crippen LogP contribution in [0.25, 0.3) is 10.8 Å². The number of hydrogen-bond donors (Lipinski definition) is 1. The first-order valence-electron chi connectivity index (χ1n) is 7.00. The quantitative estimate of drug-likeness (QED) is 0.907. The highest BCUT2D eigenvalue weighted by molar-refractivity contribution is 7.13. The van der Waals surface area contributed by atoms with Crippen molar-refractivity contribution in [2.75, 3.05) is 26.8 Å². The Morgan fingerprint density at radius 2 is 2.24 bits per heavy atom. The number of aromatic nitrogens is 2. The highest BCUT2D eigenvalue weighted by Gasteiger charge is 2.31. The van der Waals surface area contributed by atoms with Gasteiger partial charge in [-0.3, -0.25) is 4.90 Å². The van der Waals surface area contributed by atoms with Crippen LogP contribution in [0, 0.1) is 0 Å². The second kappa shape index (κ2) is 6.23. The topological polar surface area (TPSA) is 71.6 Å². The molecule has 0 amide bonds. The average molecular weight is 309 g/mol. The Bertz CT molecular complexity index is 564. The van der Waals surface area contributed by atoms with Crippen molar-refractivity contribution < 1.29 is 14.4 Å². The van der Waals surface area contributed by atoms with Crippen molar-refractivity contribution in [3.05, 3.63) is 23.3 Å². The van der Waals surface area contributed by atoms with E-state index >= 15 is 0 Å². The minimum Gasteiger partial charge on any atom is -0.388 e. The van der Waals surface area contributed by atoms with Crippen LogP contribution in [-0.4, -0.2) is 52.6 Å². The lowest BCUT2D eigenvalue weighted by Gasteiger charge is -2.35. The van der Waals surface area contributed by atoms with E-state index in [2.05, 4.69) is 10.1 Å². The largest absolute Gasteiger partial charge is 0.388 e. The molecule has 0 radical (unpaired) electrons. The van der Waals surface area contributed by atoms with Gasteiger partial charge in [0.15, 0.2) is 5.82 Å². The van der Waals surface area contributed by atoms with Crippen LogP contribution in [0.3, 0.4) is 0 Å². The van der Waals surface area contributed by atoms with Crippen molar-refractivity contribution in [3.63, 3.8) is 0 Å². The van der Waals surface area contributed by atoms with Gasteiger partial charge in [-0.25, -0.2) is 0 Å². The standard InChI is InChI=1S/C14H19N3O3S/c1-17(10-14(18)4-6-19-7-5-14)9-12-15-13(20-16-12)11-3-2-8-21-11/h2-3,8,18H,4-7,9-10H2,1H3. The molecule has 1 aliphatic rings. The Kier molecular flexibility index (Phi) is 4.34. The first-order valence-corrected chi connectivity index (χ1v) is 7.88. The van der Waals surface area contributed by atoms with Gasteiger partial charge in [-0.2, -0.15) is 4.98 Å². The SMILES string of the molecule is CN(Cc1noc(-c2cccs2)n1)CC1(O)CCOCC1. The van der Waals surface area contributed by atoms with Crippen LogP contribution in [0.15, 0.2) is 22.0 Å². The molecule has 0 aliphatic carbocycles. The number of likely N-dealkylation sites (N-methyl/N-ethyl adjacent to an activating group) is 1. The molecule has 2 aromatic heterocycles. The van der Waals surface area contributed by atoms with Gasteiger partial charge in [0.1, 0.15) is 0 Å². The molecule has 0 aromatic carbocycles. The summed E-state index contributed by atoms with van der Waals surface area (Å²) >= 11 is 1.57. The molecule has 1 fully saturated rings. The zero-order chi connectivity index (χ0) is 14.7. The molecule has 1 aliphatic heterocycles. The summed E-state index contributed by atoms with van der Waals surface area (Å²) in [7, 11) is 1.95. The number of aliphatic hydroxyl groups is 1. The molecule has 114 valence electrons. The monoisotopic (exact) mass is 309 g/mol. The Balaban J connectivity index is 1.58. The minimum absolute atomic E-state index is 0.554. The maximum atomic E-state index is 10.5. The van der Waals surface area contributed by atoms with Gasteiger partial charge in [0.2, 0.25) is 0 Å². The fourth-order valence-electron chi connectivity index (χ4n) is 2.53. The zero-order valence-corrected chi connectivity index (χ0v) is 12.8. The van der Waals surface area contributed by atoms with Gasteiger partial charge >= 0.3 is 0 Å². The fourth-order valence-corrected chi connectivity index (χ4v) is 3.17. The highest BCUT2D eigenvalue weighted by atomic mass is 32.1. The molecule has 0 unspecified atom stereocenters. The summed E-state index contributed by atoms with van der Waals surface area (Å²) < 4.78 is 10.6. The van der Waals surface area contributed by atoms with E-state index in [4.69, 9.17) is 9.26 Å². The van der Waals surface area contributed by atoms with Crippen molar-refractivity contribution >= 4 is 11.3 Å². The molecule has 3 rings (SSSR count). The Labute approximate surface area is 127 Å². The molecule has 7 heteroatoms. The maximum absolute atomic E-state index is 10.5. The number of thiophene rings is 1. The summed E-state index contributed by atoms with van der Waals surface area (Å²) in [5.41, 5.74) is -0.673. The number of hydrogen-bond acceptors (Lipinski definition) is 7. The Morgan fingerprint density at radius 1 is 1.43 bits per heavy atom. The maximum Gasteiger partial charge on any atom is 0.268 e. The number of rotatable bonds is 5. The van der Waals surface area contributed by atoms with Crippen LogP contribution in [0.2, 0.25) is 0 Å². The van der Waals surface area contributed by atoms with Crippen LogP contribution in [0.4, 0.5) is 0 Å². The van der Waals surface area contributed by atoms with E-state index in [1.54, 1.807) is 11.3 Å². The van der Waals surface area contributed by atoms with Crippen LogP contribution in [0.5, 0.6) is 0 Å². The second-order valence-electron chi connectivity index (χ2n) is 5.50. The molecule has 0 atom stereocenters. The zero-order valence-electron chi connectivity index (χ0n) is 12.0. The normalized spacial score (nSPS) is 18.2. The molecule has 0 spiro atoms. The summed E-state index contributed by atoms with van der Waals surface area (Å²) in [5.74, 6) is 1.19. The van der Waals surface area contributed by atoms with Crippen LogP contribution >= 0.6 is 11.3 Å². The lowest BCUT2D eigenvalue weighted by atomic mass is 9.94. The average Bonchev–Trinajstić information content (AvgIpc) is 3.08. The first-order chi connectivity index (χ1) is 10.1. The van der Waals surface area contributed by atoms with Gasteiger partial charge in [0.25, 0.3) is 5.89 Å². The third kappa shape index (κ3) is 3.68. The summed E-state index contributed by atoms with van der Waals surface area (Å²) in [5, 5.41) is 16.5. The summed E-state index contributed by atoms with van der Waals surface area (Å²) in [6, 6.07) is 3.91. The van der Waals surface area contributed by atoms with E-state index < -0.39 is 5.60 Å². The molecular formula is C14H19N3O3S. The van der Waals surface area contributed by atoms with Gasteiger partial charge in [0, 0.05) is 32.6 Å². The Hall–Kier alpha value is -1.28. The predicted molar refractivity (Wildman–Crippen MR) is 78.9 cm³/mol. The summed E-state index contributed by atoms with van der Waals surface area (Å²) in [6.07, 6.45) is 1.34.